The lowest BCUT2D eigenvalue weighted by molar-refractivity contribution is 0.0943. The largest absolute Gasteiger partial charge is 0.351 e. The monoisotopic (exact) mass is 473 g/mol. The van der Waals surface area contributed by atoms with Crippen molar-refractivity contribution in [3.63, 3.8) is 0 Å². The van der Waals surface area contributed by atoms with Crippen LogP contribution in [0.25, 0.3) is 0 Å². The maximum atomic E-state index is 12.2. The van der Waals surface area contributed by atoms with E-state index in [2.05, 4.69) is 94.2 Å². The van der Waals surface area contributed by atoms with Gasteiger partial charge >= 0.3 is 0 Å². The molecule has 1 atom stereocenters. The smallest absolute Gasteiger partial charge is 0.271 e. The van der Waals surface area contributed by atoms with E-state index in [9.17, 15) is 4.79 Å². The highest BCUT2D eigenvalue weighted by Crippen LogP contribution is 2.26. The normalized spacial score (nSPS) is 16.0. The molecule has 0 bridgehead atoms. The van der Waals surface area contributed by atoms with E-state index in [1.807, 2.05) is 6.07 Å². The zero-order valence-corrected chi connectivity index (χ0v) is 21.3. The molecule has 0 radical (unpaired) electrons. The first-order valence-electron chi connectivity index (χ1n) is 12.3. The topological polar surface area (TPSA) is 87.1 Å². The molecule has 184 valence electrons. The highest BCUT2D eigenvalue weighted by atomic mass is 16.1. The van der Waals surface area contributed by atoms with E-state index in [1.165, 1.54) is 16.7 Å². The predicted octanol–water partition coefficient (Wildman–Crippen LogP) is 3.58. The van der Waals surface area contributed by atoms with Crippen molar-refractivity contribution >= 4 is 17.5 Å². The first kappa shape index (κ1) is 24.6. The summed E-state index contributed by atoms with van der Waals surface area (Å²) in [6, 6.07) is 10.6. The SMILES string of the molecule is Cc1c(Cc2ccccc2)nnc(N2CCN(c3cnc(C(=O)NCC(C)C)cn3)[C@H](C)C2)c1C. The Bertz CT molecular complexity index is 1150. The van der Waals surface area contributed by atoms with Crippen LogP contribution in [0.15, 0.2) is 42.7 Å². The van der Waals surface area contributed by atoms with Crippen molar-refractivity contribution in [1.82, 2.24) is 25.5 Å². The molecule has 1 saturated heterocycles. The van der Waals surface area contributed by atoms with Gasteiger partial charge < -0.3 is 15.1 Å². The van der Waals surface area contributed by atoms with E-state index in [0.717, 1.165) is 43.4 Å². The number of rotatable bonds is 7. The van der Waals surface area contributed by atoms with E-state index >= 15 is 0 Å². The number of aromatic nitrogens is 4. The standard InChI is InChI=1S/C27H35N7O/c1-18(2)14-30-27(35)24-15-29-25(16-28-24)34-12-11-33(17-19(34)3)26-21(5)20(4)23(31-32-26)13-22-9-7-6-8-10-22/h6-10,15-16,18-19H,11-14,17H2,1-5H3,(H,30,35)/t19-/m1/s1. The van der Waals surface area contributed by atoms with Gasteiger partial charge in [0, 0.05) is 38.6 Å². The molecular formula is C27H35N7O. The second-order valence-corrected chi connectivity index (χ2v) is 9.73. The summed E-state index contributed by atoms with van der Waals surface area (Å²) >= 11 is 0. The van der Waals surface area contributed by atoms with Crippen LogP contribution in [0, 0.1) is 19.8 Å². The van der Waals surface area contributed by atoms with Crippen LogP contribution < -0.4 is 15.1 Å². The van der Waals surface area contributed by atoms with E-state index < -0.39 is 0 Å². The Morgan fingerprint density at radius 3 is 2.49 bits per heavy atom. The van der Waals surface area contributed by atoms with Crippen LogP contribution >= 0.6 is 0 Å². The minimum atomic E-state index is -0.184. The van der Waals surface area contributed by atoms with Crippen molar-refractivity contribution in [3.8, 4) is 0 Å². The second-order valence-electron chi connectivity index (χ2n) is 9.73. The molecule has 4 rings (SSSR count). The summed E-state index contributed by atoms with van der Waals surface area (Å²) in [5.74, 6) is 1.94. The lowest BCUT2D eigenvalue weighted by atomic mass is 10.0. The van der Waals surface area contributed by atoms with Gasteiger partial charge in [-0.15, -0.1) is 5.10 Å². The second kappa shape index (κ2) is 10.8. The number of nitrogens with zero attached hydrogens (tertiary/aromatic N) is 6. The average molecular weight is 474 g/mol. The number of carbonyl (C=O) groups is 1. The highest BCUT2D eigenvalue weighted by Gasteiger charge is 2.27. The van der Waals surface area contributed by atoms with Gasteiger partial charge in [-0.25, -0.2) is 9.97 Å². The molecule has 0 unspecified atom stereocenters. The summed E-state index contributed by atoms with van der Waals surface area (Å²) in [7, 11) is 0. The van der Waals surface area contributed by atoms with Gasteiger partial charge in [-0.1, -0.05) is 44.2 Å². The molecule has 0 aliphatic carbocycles. The zero-order valence-electron chi connectivity index (χ0n) is 21.3. The Balaban J connectivity index is 1.41. The molecule has 0 spiro atoms. The van der Waals surface area contributed by atoms with Gasteiger partial charge in [0.15, 0.2) is 5.82 Å². The van der Waals surface area contributed by atoms with E-state index in [4.69, 9.17) is 0 Å². The van der Waals surface area contributed by atoms with E-state index in [0.29, 0.717) is 18.2 Å². The van der Waals surface area contributed by atoms with Crippen molar-refractivity contribution in [3.05, 3.63) is 70.8 Å². The first-order chi connectivity index (χ1) is 16.8. The maximum absolute atomic E-state index is 12.2. The number of piperazine rings is 1. The summed E-state index contributed by atoms with van der Waals surface area (Å²) in [5.41, 5.74) is 4.99. The molecule has 1 aliphatic heterocycles. The molecule has 2 aromatic heterocycles. The minimum Gasteiger partial charge on any atom is -0.351 e. The number of carbonyl (C=O) groups excluding carboxylic acids is 1. The van der Waals surface area contributed by atoms with Crippen LogP contribution in [0.4, 0.5) is 11.6 Å². The summed E-state index contributed by atoms with van der Waals surface area (Å²) in [5, 5.41) is 12.1. The molecule has 8 nitrogen and oxygen atoms in total. The minimum absolute atomic E-state index is 0.184. The molecule has 3 heterocycles. The Kier molecular flexibility index (Phi) is 7.58. The third-order valence-corrected chi connectivity index (χ3v) is 6.57. The Morgan fingerprint density at radius 2 is 1.83 bits per heavy atom. The number of benzene rings is 1. The summed E-state index contributed by atoms with van der Waals surface area (Å²) in [4.78, 5) is 25.7. The van der Waals surface area contributed by atoms with Crippen molar-refractivity contribution in [2.24, 2.45) is 5.92 Å². The molecule has 0 saturated carbocycles. The van der Waals surface area contributed by atoms with Crippen LogP contribution in [0.3, 0.4) is 0 Å². The Labute approximate surface area is 207 Å². The summed E-state index contributed by atoms with van der Waals surface area (Å²) in [6.07, 6.45) is 4.05. The van der Waals surface area contributed by atoms with Crippen molar-refractivity contribution in [2.45, 2.75) is 47.1 Å². The van der Waals surface area contributed by atoms with Crippen LogP contribution in [-0.2, 0) is 6.42 Å². The molecular weight excluding hydrogens is 438 g/mol. The van der Waals surface area contributed by atoms with Crippen LogP contribution in [-0.4, -0.2) is 58.3 Å². The Morgan fingerprint density at radius 1 is 1.06 bits per heavy atom. The third-order valence-electron chi connectivity index (χ3n) is 6.57. The number of hydrogen-bond donors (Lipinski definition) is 1. The van der Waals surface area contributed by atoms with Gasteiger partial charge in [0.2, 0.25) is 0 Å². The molecule has 35 heavy (non-hydrogen) atoms. The van der Waals surface area contributed by atoms with Crippen molar-refractivity contribution in [1.29, 1.82) is 0 Å². The fraction of sp³-hybridized carbons (Fsp3) is 0.444. The molecule has 1 fully saturated rings. The molecule has 1 aliphatic rings. The predicted molar refractivity (Wildman–Crippen MR) is 139 cm³/mol. The van der Waals surface area contributed by atoms with Gasteiger partial charge in [-0.3, -0.25) is 4.79 Å². The number of nitrogens with one attached hydrogen (secondary N) is 1. The van der Waals surface area contributed by atoms with Gasteiger partial charge in [0.25, 0.3) is 5.91 Å². The van der Waals surface area contributed by atoms with Crippen molar-refractivity contribution < 1.29 is 4.79 Å². The average Bonchev–Trinajstić information content (AvgIpc) is 2.86. The number of hydrogen-bond acceptors (Lipinski definition) is 7. The summed E-state index contributed by atoms with van der Waals surface area (Å²) < 4.78 is 0. The summed E-state index contributed by atoms with van der Waals surface area (Å²) in [6.45, 7) is 13.6. The first-order valence-corrected chi connectivity index (χ1v) is 12.3. The molecule has 1 N–H and O–H groups in total. The maximum Gasteiger partial charge on any atom is 0.271 e. The highest BCUT2D eigenvalue weighted by molar-refractivity contribution is 5.92. The molecule has 1 amide bonds. The van der Waals surface area contributed by atoms with Crippen LogP contribution in [0.5, 0.6) is 0 Å². The van der Waals surface area contributed by atoms with Gasteiger partial charge in [-0.05, 0) is 43.4 Å². The lowest BCUT2D eigenvalue weighted by Gasteiger charge is -2.41. The Hall–Kier alpha value is -3.55. The fourth-order valence-electron chi connectivity index (χ4n) is 4.36. The van der Waals surface area contributed by atoms with Crippen LogP contribution in [0.2, 0.25) is 0 Å². The third kappa shape index (κ3) is 5.75. The molecule has 3 aromatic rings. The number of anilines is 2. The molecule has 1 aromatic carbocycles. The van der Waals surface area contributed by atoms with Crippen LogP contribution in [0.1, 0.15) is 53.6 Å². The van der Waals surface area contributed by atoms with Gasteiger partial charge in [-0.2, -0.15) is 5.10 Å². The molecule has 8 heteroatoms. The zero-order chi connectivity index (χ0) is 24.9. The van der Waals surface area contributed by atoms with Gasteiger partial charge in [0.05, 0.1) is 18.1 Å². The number of amides is 1. The quantitative estimate of drug-likeness (QED) is 0.561. The van der Waals surface area contributed by atoms with Crippen molar-refractivity contribution in [2.75, 3.05) is 36.0 Å². The lowest BCUT2D eigenvalue weighted by Crippen LogP contribution is -2.53. The van der Waals surface area contributed by atoms with E-state index in [-0.39, 0.29) is 11.9 Å². The fourth-order valence-corrected chi connectivity index (χ4v) is 4.36. The van der Waals surface area contributed by atoms with Gasteiger partial charge in [0.1, 0.15) is 11.5 Å². The van der Waals surface area contributed by atoms with E-state index in [1.54, 1.807) is 12.4 Å².